The molecule has 1 heterocycles. The van der Waals surface area contributed by atoms with E-state index in [2.05, 4.69) is 5.32 Å². The van der Waals surface area contributed by atoms with E-state index in [0.717, 1.165) is 10.5 Å². The molecule has 0 bridgehead atoms. The van der Waals surface area contributed by atoms with Crippen molar-refractivity contribution in [2.45, 2.75) is 6.54 Å². The first-order chi connectivity index (χ1) is 15.5. The number of halogens is 1. The van der Waals surface area contributed by atoms with Gasteiger partial charge in [0.1, 0.15) is 23.0 Å². The van der Waals surface area contributed by atoms with Gasteiger partial charge in [-0.05, 0) is 42.0 Å². The third-order valence-corrected chi connectivity index (χ3v) is 5.14. The van der Waals surface area contributed by atoms with E-state index in [0.29, 0.717) is 22.7 Å². The number of para-hydroxylation sites is 1. The van der Waals surface area contributed by atoms with E-state index in [1.165, 1.54) is 25.3 Å². The van der Waals surface area contributed by atoms with Crippen LogP contribution in [0.1, 0.15) is 11.1 Å². The van der Waals surface area contributed by atoms with Crippen molar-refractivity contribution in [3.63, 3.8) is 0 Å². The first-order valence-electron chi connectivity index (χ1n) is 9.91. The largest absolute Gasteiger partial charge is 0.497 e. The van der Waals surface area contributed by atoms with Crippen LogP contribution in [0.4, 0.5) is 10.1 Å². The Hall–Kier alpha value is -4.13. The van der Waals surface area contributed by atoms with E-state index in [1.54, 1.807) is 61.7 Å². The molecule has 0 aliphatic carbocycles. The van der Waals surface area contributed by atoms with Crippen LogP contribution in [0, 0.1) is 5.82 Å². The van der Waals surface area contributed by atoms with Crippen LogP contribution in [0.2, 0.25) is 0 Å². The van der Waals surface area contributed by atoms with Gasteiger partial charge in [0.25, 0.3) is 11.8 Å². The number of carbonyl (C=O) groups excluding carboxylic acids is 2. The predicted octanol–water partition coefficient (Wildman–Crippen LogP) is 4.24. The first-order valence-corrected chi connectivity index (χ1v) is 9.91. The van der Waals surface area contributed by atoms with E-state index in [-0.39, 0.29) is 17.8 Å². The summed E-state index contributed by atoms with van der Waals surface area (Å²) < 4.78 is 24.3. The SMILES string of the molecule is COc1ccc(CN2C(=O)C(Nc3cccc(F)c3)=C(c3ccccc3OC)C2=O)cc1. The maximum Gasteiger partial charge on any atom is 0.278 e. The van der Waals surface area contributed by atoms with Gasteiger partial charge < -0.3 is 14.8 Å². The average Bonchev–Trinajstić information content (AvgIpc) is 3.03. The summed E-state index contributed by atoms with van der Waals surface area (Å²) in [6.45, 7) is 0.0780. The zero-order valence-corrected chi connectivity index (χ0v) is 17.6. The lowest BCUT2D eigenvalue weighted by Gasteiger charge is -2.16. The summed E-state index contributed by atoms with van der Waals surface area (Å²) >= 11 is 0. The van der Waals surface area contributed by atoms with Crippen LogP contribution < -0.4 is 14.8 Å². The molecule has 162 valence electrons. The highest BCUT2D eigenvalue weighted by atomic mass is 19.1. The highest BCUT2D eigenvalue weighted by Gasteiger charge is 2.40. The normalized spacial score (nSPS) is 13.5. The van der Waals surface area contributed by atoms with Crippen molar-refractivity contribution in [2.24, 2.45) is 0 Å². The van der Waals surface area contributed by atoms with Gasteiger partial charge in [-0.15, -0.1) is 0 Å². The Bertz CT molecular complexity index is 1200. The summed E-state index contributed by atoms with van der Waals surface area (Å²) in [6.07, 6.45) is 0. The highest BCUT2D eigenvalue weighted by molar-refractivity contribution is 6.36. The van der Waals surface area contributed by atoms with Crippen LogP contribution in [0.5, 0.6) is 11.5 Å². The van der Waals surface area contributed by atoms with Gasteiger partial charge in [0, 0.05) is 11.3 Å². The van der Waals surface area contributed by atoms with E-state index >= 15 is 0 Å². The quantitative estimate of drug-likeness (QED) is 0.566. The minimum Gasteiger partial charge on any atom is -0.497 e. The second-order valence-electron chi connectivity index (χ2n) is 7.13. The van der Waals surface area contributed by atoms with Crippen LogP contribution >= 0.6 is 0 Å². The lowest BCUT2D eigenvalue weighted by Crippen LogP contribution is -2.32. The Kier molecular flexibility index (Phi) is 5.89. The van der Waals surface area contributed by atoms with Crippen molar-refractivity contribution in [2.75, 3.05) is 19.5 Å². The molecule has 1 aliphatic heterocycles. The number of hydrogen-bond acceptors (Lipinski definition) is 5. The van der Waals surface area contributed by atoms with Gasteiger partial charge in [-0.2, -0.15) is 0 Å². The number of anilines is 1. The Morgan fingerprint density at radius 2 is 1.62 bits per heavy atom. The molecule has 1 N–H and O–H groups in total. The minimum absolute atomic E-state index is 0.0682. The molecule has 0 aromatic heterocycles. The smallest absolute Gasteiger partial charge is 0.278 e. The molecule has 4 rings (SSSR count). The topological polar surface area (TPSA) is 67.9 Å². The molecular formula is C25H21FN2O4. The van der Waals surface area contributed by atoms with Gasteiger partial charge in [0.05, 0.1) is 26.3 Å². The van der Waals surface area contributed by atoms with Crippen LogP contribution in [-0.2, 0) is 16.1 Å². The summed E-state index contributed by atoms with van der Waals surface area (Å²) in [5.41, 5.74) is 1.84. The number of nitrogens with zero attached hydrogens (tertiary/aromatic N) is 1. The van der Waals surface area contributed by atoms with Gasteiger partial charge >= 0.3 is 0 Å². The van der Waals surface area contributed by atoms with Gasteiger partial charge in [0.15, 0.2) is 0 Å². The lowest BCUT2D eigenvalue weighted by molar-refractivity contribution is -0.137. The lowest BCUT2D eigenvalue weighted by atomic mass is 10.0. The number of benzene rings is 3. The van der Waals surface area contributed by atoms with E-state index < -0.39 is 17.6 Å². The third kappa shape index (κ3) is 4.05. The molecule has 0 unspecified atom stereocenters. The van der Waals surface area contributed by atoms with Crippen molar-refractivity contribution in [3.8, 4) is 11.5 Å². The van der Waals surface area contributed by atoms with E-state index in [4.69, 9.17) is 9.47 Å². The number of amides is 2. The van der Waals surface area contributed by atoms with Crippen molar-refractivity contribution < 1.29 is 23.5 Å². The molecule has 0 atom stereocenters. The predicted molar refractivity (Wildman–Crippen MR) is 118 cm³/mol. The molecule has 1 aliphatic rings. The molecule has 0 saturated heterocycles. The van der Waals surface area contributed by atoms with Crippen molar-refractivity contribution in [3.05, 3.63) is 95.4 Å². The van der Waals surface area contributed by atoms with Gasteiger partial charge in [-0.25, -0.2) is 4.39 Å². The van der Waals surface area contributed by atoms with Gasteiger partial charge in [-0.1, -0.05) is 36.4 Å². The Morgan fingerprint density at radius 1 is 0.875 bits per heavy atom. The summed E-state index contributed by atoms with van der Waals surface area (Å²) in [7, 11) is 3.06. The fraction of sp³-hybridized carbons (Fsp3) is 0.120. The number of nitrogens with one attached hydrogen (secondary N) is 1. The molecule has 32 heavy (non-hydrogen) atoms. The zero-order valence-electron chi connectivity index (χ0n) is 17.6. The fourth-order valence-electron chi connectivity index (χ4n) is 3.56. The summed E-state index contributed by atoms with van der Waals surface area (Å²) in [5, 5.41) is 2.95. The number of hydrogen-bond donors (Lipinski definition) is 1. The second-order valence-corrected chi connectivity index (χ2v) is 7.13. The monoisotopic (exact) mass is 432 g/mol. The number of imide groups is 1. The average molecular weight is 432 g/mol. The molecule has 3 aromatic carbocycles. The number of ether oxygens (including phenoxy) is 2. The molecule has 0 radical (unpaired) electrons. The third-order valence-electron chi connectivity index (χ3n) is 5.14. The molecule has 7 heteroatoms. The van der Waals surface area contributed by atoms with Crippen molar-refractivity contribution >= 4 is 23.1 Å². The maximum atomic E-state index is 13.7. The van der Waals surface area contributed by atoms with Crippen LogP contribution in [0.15, 0.2) is 78.5 Å². The van der Waals surface area contributed by atoms with Crippen LogP contribution in [0.3, 0.4) is 0 Å². The molecule has 0 saturated carbocycles. The molecule has 0 spiro atoms. The summed E-state index contributed by atoms with van der Waals surface area (Å²) in [4.78, 5) is 27.9. The first kappa shape index (κ1) is 21.1. The Morgan fingerprint density at radius 3 is 2.31 bits per heavy atom. The number of methoxy groups -OCH3 is 2. The highest BCUT2D eigenvalue weighted by Crippen LogP contribution is 2.36. The van der Waals surface area contributed by atoms with E-state index in [9.17, 15) is 14.0 Å². The van der Waals surface area contributed by atoms with Gasteiger partial charge in [-0.3, -0.25) is 14.5 Å². The minimum atomic E-state index is -0.504. The fourth-order valence-corrected chi connectivity index (χ4v) is 3.56. The van der Waals surface area contributed by atoms with Crippen molar-refractivity contribution in [1.29, 1.82) is 0 Å². The van der Waals surface area contributed by atoms with Gasteiger partial charge in [0.2, 0.25) is 0 Å². The number of rotatable bonds is 7. The summed E-state index contributed by atoms with van der Waals surface area (Å²) in [5.74, 6) is -0.297. The Labute approximate surface area is 184 Å². The standard InChI is InChI=1S/C25H21FN2O4/c1-31-19-12-10-16(11-13-19)15-28-24(29)22(20-8-3-4-9-21(20)32-2)23(25(28)30)27-18-7-5-6-17(26)14-18/h3-14,27H,15H2,1-2H3. The summed E-state index contributed by atoms with van der Waals surface area (Å²) in [6, 6.07) is 19.8. The van der Waals surface area contributed by atoms with E-state index in [1.807, 2.05) is 0 Å². The number of carbonyl (C=O) groups is 2. The van der Waals surface area contributed by atoms with Crippen LogP contribution in [0.25, 0.3) is 5.57 Å². The molecule has 2 amide bonds. The molecule has 0 fully saturated rings. The van der Waals surface area contributed by atoms with Crippen molar-refractivity contribution in [1.82, 2.24) is 4.90 Å². The Balaban J connectivity index is 1.75. The molecule has 6 nitrogen and oxygen atoms in total. The molecule has 3 aromatic rings. The second kappa shape index (κ2) is 8.93. The van der Waals surface area contributed by atoms with Crippen LogP contribution in [-0.4, -0.2) is 30.9 Å². The zero-order chi connectivity index (χ0) is 22.7. The maximum absolute atomic E-state index is 13.7. The molecular weight excluding hydrogens is 411 g/mol.